The predicted molar refractivity (Wildman–Crippen MR) is 87.6 cm³/mol. The lowest BCUT2D eigenvalue weighted by molar-refractivity contribution is 0.175. The number of aromatic nitrogens is 2. The molecule has 118 valence electrons. The predicted octanol–water partition coefficient (Wildman–Crippen LogP) is 2.45. The fourth-order valence-electron chi connectivity index (χ4n) is 3.36. The van der Waals surface area contributed by atoms with Gasteiger partial charge in [0.15, 0.2) is 0 Å². The highest BCUT2D eigenvalue weighted by Crippen LogP contribution is 2.23. The molecule has 0 spiro atoms. The van der Waals surface area contributed by atoms with E-state index < -0.39 is 0 Å². The van der Waals surface area contributed by atoms with Gasteiger partial charge in [0, 0.05) is 6.54 Å². The van der Waals surface area contributed by atoms with Crippen molar-refractivity contribution in [2.45, 2.75) is 32.2 Å². The molecule has 2 heterocycles. The molecule has 0 amide bonds. The Morgan fingerprint density at radius 2 is 2.27 bits per heavy atom. The third-order valence-corrected chi connectivity index (χ3v) is 4.41. The molecule has 1 atom stereocenters. The van der Waals surface area contributed by atoms with Crippen LogP contribution in [0.3, 0.4) is 0 Å². The fourth-order valence-corrected chi connectivity index (χ4v) is 3.36. The lowest BCUT2D eigenvalue weighted by Gasteiger charge is -2.33. The molecule has 0 unspecified atom stereocenters. The van der Waals surface area contributed by atoms with E-state index in [1.807, 2.05) is 18.2 Å². The molecule has 5 nitrogen and oxygen atoms in total. The number of nitrogens with zero attached hydrogens (tertiary/aromatic N) is 3. The van der Waals surface area contributed by atoms with Crippen LogP contribution in [-0.4, -0.2) is 41.2 Å². The van der Waals surface area contributed by atoms with Crippen LogP contribution in [-0.2, 0) is 0 Å². The Hall–Kier alpha value is -1.88. The van der Waals surface area contributed by atoms with Gasteiger partial charge in [0.25, 0.3) is 5.56 Å². The Balaban J connectivity index is 2.01. The van der Waals surface area contributed by atoms with Crippen molar-refractivity contribution in [2.24, 2.45) is 0 Å². The molecule has 1 aliphatic heterocycles. The third-order valence-electron chi connectivity index (χ3n) is 4.41. The van der Waals surface area contributed by atoms with E-state index in [4.69, 9.17) is 4.74 Å². The van der Waals surface area contributed by atoms with Crippen LogP contribution in [0, 0.1) is 0 Å². The fraction of sp³-hybridized carbons (Fsp3) is 0.529. The normalized spacial score (nSPS) is 19.5. The van der Waals surface area contributed by atoms with E-state index in [0.29, 0.717) is 16.7 Å². The molecule has 0 bridgehead atoms. The van der Waals surface area contributed by atoms with Crippen molar-refractivity contribution < 1.29 is 4.74 Å². The van der Waals surface area contributed by atoms with Gasteiger partial charge in [-0.2, -0.15) is 0 Å². The molecule has 1 aromatic carbocycles. The molecule has 1 aliphatic rings. The minimum atomic E-state index is 0.00537. The number of benzene rings is 1. The Morgan fingerprint density at radius 1 is 1.41 bits per heavy atom. The minimum Gasteiger partial charge on any atom is -0.496 e. The van der Waals surface area contributed by atoms with Gasteiger partial charge in [-0.05, 0) is 44.5 Å². The summed E-state index contributed by atoms with van der Waals surface area (Å²) in [6.45, 7) is 5.34. The van der Waals surface area contributed by atoms with Crippen LogP contribution in [0.5, 0.6) is 5.75 Å². The summed E-state index contributed by atoms with van der Waals surface area (Å²) >= 11 is 0. The number of hydrogen-bond donors (Lipinski definition) is 0. The highest BCUT2D eigenvalue weighted by atomic mass is 16.5. The highest BCUT2D eigenvalue weighted by molar-refractivity contribution is 5.83. The topological polar surface area (TPSA) is 47.4 Å². The monoisotopic (exact) mass is 301 g/mol. The molecule has 1 fully saturated rings. The molecular formula is C17H23N3O2. The van der Waals surface area contributed by atoms with Crippen molar-refractivity contribution >= 4 is 10.9 Å². The molecule has 0 aliphatic carbocycles. The maximum absolute atomic E-state index is 12.9. The van der Waals surface area contributed by atoms with Gasteiger partial charge >= 0.3 is 0 Å². The van der Waals surface area contributed by atoms with Crippen LogP contribution in [0.1, 0.15) is 32.2 Å². The lowest BCUT2D eigenvalue weighted by atomic mass is 10.0. The van der Waals surface area contributed by atoms with Crippen molar-refractivity contribution in [3.63, 3.8) is 0 Å². The van der Waals surface area contributed by atoms with Crippen molar-refractivity contribution in [3.05, 3.63) is 34.9 Å². The second-order valence-electron chi connectivity index (χ2n) is 5.91. The summed E-state index contributed by atoms with van der Waals surface area (Å²) in [5.74, 6) is 0.602. The van der Waals surface area contributed by atoms with Gasteiger partial charge in [-0.1, -0.05) is 13.0 Å². The SMILES string of the molecule is CCCN1CCC[C@H](n2cnc3cccc(OC)c3c2=O)C1. The minimum absolute atomic E-state index is 0.00537. The molecule has 1 aromatic heterocycles. The van der Waals surface area contributed by atoms with E-state index >= 15 is 0 Å². The molecule has 3 rings (SSSR count). The first-order valence-corrected chi connectivity index (χ1v) is 8.00. The molecule has 0 saturated carbocycles. The van der Waals surface area contributed by atoms with Gasteiger partial charge in [-0.25, -0.2) is 4.98 Å². The van der Waals surface area contributed by atoms with E-state index in [0.717, 1.165) is 38.9 Å². The summed E-state index contributed by atoms with van der Waals surface area (Å²) in [6, 6.07) is 5.74. The Morgan fingerprint density at radius 3 is 3.05 bits per heavy atom. The van der Waals surface area contributed by atoms with Crippen LogP contribution < -0.4 is 10.3 Å². The Labute approximate surface area is 130 Å². The summed E-state index contributed by atoms with van der Waals surface area (Å²) in [7, 11) is 1.59. The van der Waals surface area contributed by atoms with Gasteiger partial charge in [0.2, 0.25) is 0 Å². The zero-order valence-electron chi connectivity index (χ0n) is 13.3. The van der Waals surface area contributed by atoms with E-state index in [1.165, 1.54) is 0 Å². The summed E-state index contributed by atoms with van der Waals surface area (Å²) in [4.78, 5) is 19.8. The van der Waals surface area contributed by atoms with E-state index in [-0.39, 0.29) is 11.6 Å². The first-order chi connectivity index (χ1) is 10.7. The van der Waals surface area contributed by atoms with E-state index in [9.17, 15) is 4.79 Å². The first kappa shape index (κ1) is 15.0. The molecule has 5 heteroatoms. The first-order valence-electron chi connectivity index (χ1n) is 8.00. The van der Waals surface area contributed by atoms with E-state index in [1.54, 1.807) is 18.0 Å². The van der Waals surface area contributed by atoms with Gasteiger partial charge in [0.1, 0.15) is 11.1 Å². The molecular weight excluding hydrogens is 278 g/mol. The van der Waals surface area contributed by atoms with Gasteiger partial charge < -0.3 is 9.64 Å². The Bertz CT molecular complexity index is 709. The largest absolute Gasteiger partial charge is 0.496 e. The average Bonchev–Trinajstić information content (AvgIpc) is 2.55. The number of fused-ring (bicyclic) bond motifs is 1. The number of piperidine rings is 1. The maximum Gasteiger partial charge on any atom is 0.265 e. The molecule has 22 heavy (non-hydrogen) atoms. The highest BCUT2D eigenvalue weighted by Gasteiger charge is 2.22. The number of hydrogen-bond acceptors (Lipinski definition) is 4. The zero-order valence-corrected chi connectivity index (χ0v) is 13.3. The summed E-state index contributed by atoms with van der Waals surface area (Å²) in [5, 5.41) is 0.583. The molecule has 1 saturated heterocycles. The average molecular weight is 301 g/mol. The van der Waals surface area contributed by atoms with Crippen molar-refractivity contribution in [1.29, 1.82) is 0 Å². The zero-order chi connectivity index (χ0) is 15.5. The lowest BCUT2D eigenvalue weighted by Crippen LogP contribution is -2.40. The quantitative estimate of drug-likeness (QED) is 0.870. The number of likely N-dealkylation sites (tertiary alicyclic amines) is 1. The maximum atomic E-state index is 12.9. The van der Waals surface area contributed by atoms with Crippen molar-refractivity contribution in [2.75, 3.05) is 26.7 Å². The van der Waals surface area contributed by atoms with Gasteiger partial charge in [-0.15, -0.1) is 0 Å². The molecule has 0 N–H and O–H groups in total. The van der Waals surface area contributed by atoms with Crippen LogP contribution in [0.2, 0.25) is 0 Å². The van der Waals surface area contributed by atoms with Crippen LogP contribution >= 0.6 is 0 Å². The second-order valence-corrected chi connectivity index (χ2v) is 5.91. The second kappa shape index (κ2) is 6.48. The van der Waals surface area contributed by atoms with E-state index in [2.05, 4.69) is 16.8 Å². The standard InChI is InChI=1S/C17H23N3O2/c1-3-9-19-10-5-6-13(11-19)20-12-18-14-7-4-8-15(22-2)16(14)17(20)21/h4,7-8,12-13H,3,5-6,9-11H2,1-2H3/t13-/m0/s1. The Kier molecular flexibility index (Phi) is 4.43. The summed E-state index contributed by atoms with van der Waals surface area (Å²) < 4.78 is 7.14. The summed E-state index contributed by atoms with van der Waals surface area (Å²) in [5.41, 5.74) is 0.702. The molecule has 0 radical (unpaired) electrons. The number of ether oxygens (including phenoxy) is 1. The van der Waals surface area contributed by atoms with Crippen molar-refractivity contribution in [1.82, 2.24) is 14.5 Å². The van der Waals surface area contributed by atoms with Crippen LogP contribution in [0.4, 0.5) is 0 Å². The van der Waals surface area contributed by atoms with Crippen LogP contribution in [0.15, 0.2) is 29.3 Å². The number of rotatable bonds is 4. The van der Waals surface area contributed by atoms with Gasteiger partial charge in [-0.3, -0.25) is 9.36 Å². The van der Waals surface area contributed by atoms with Crippen LogP contribution in [0.25, 0.3) is 10.9 Å². The third kappa shape index (κ3) is 2.73. The number of methoxy groups -OCH3 is 1. The smallest absolute Gasteiger partial charge is 0.265 e. The van der Waals surface area contributed by atoms with Gasteiger partial charge in [0.05, 0.1) is 25.0 Å². The summed E-state index contributed by atoms with van der Waals surface area (Å²) in [6.07, 6.45) is 5.00. The van der Waals surface area contributed by atoms with Crippen molar-refractivity contribution in [3.8, 4) is 5.75 Å². The molecule has 2 aromatic rings.